The van der Waals surface area contributed by atoms with Gasteiger partial charge in [0.05, 0.1) is 6.61 Å². The Hall–Kier alpha value is -0.930. The maximum atomic E-state index is 12.7. The maximum Gasteiger partial charge on any atom is 0.139 e. The molecular weight excluding hydrogens is 219 g/mol. The zero-order valence-electron chi connectivity index (χ0n) is 8.43. The second kappa shape index (κ2) is 5.83. The van der Waals surface area contributed by atoms with Gasteiger partial charge >= 0.3 is 0 Å². The van der Waals surface area contributed by atoms with Crippen molar-refractivity contribution in [2.75, 3.05) is 13.7 Å². The van der Waals surface area contributed by atoms with Crippen LogP contribution in [-0.4, -0.2) is 19.5 Å². The van der Waals surface area contributed by atoms with Crippen LogP contribution in [0.15, 0.2) is 18.2 Å². The van der Waals surface area contributed by atoms with Crippen molar-refractivity contribution < 1.29 is 13.9 Å². The molecule has 4 heteroatoms. The standard InChI is InChI=1S/C11H12ClFO2/c1-15-5-4-10(14)6-8-2-3-9(13)7-11(8)12/h2-3,7H,4-6H2,1H3. The molecule has 0 N–H and O–H groups in total. The third-order valence-electron chi connectivity index (χ3n) is 1.99. The molecule has 0 fully saturated rings. The van der Waals surface area contributed by atoms with Gasteiger partial charge in [0.2, 0.25) is 0 Å². The van der Waals surface area contributed by atoms with Crippen molar-refractivity contribution in [2.24, 2.45) is 0 Å². The number of rotatable bonds is 5. The van der Waals surface area contributed by atoms with Crippen LogP contribution < -0.4 is 0 Å². The van der Waals surface area contributed by atoms with Crippen molar-refractivity contribution in [3.05, 3.63) is 34.6 Å². The van der Waals surface area contributed by atoms with Crippen LogP contribution in [0.1, 0.15) is 12.0 Å². The van der Waals surface area contributed by atoms with Gasteiger partial charge in [-0.25, -0.2) is 4.39 Å². The molecule has 0 atom stereocenters. The second-order valence-electron chi connectivity index (χ2n) is 3.19. The van der Waals surface area contributed by atoms with Crippen LogP contribution >= 0.6 is 11.6 Å². The molecule has 0 saturated heterocycles. The first-order valence-corrected chi connectivity index (χ1v) is 4.96. The average Bonchev–Trinajstić information content (AvgIpc) is 2.19. The Morgan fingerprint density at radius 1 is 1.53 bits per heavy atom. The van der Waals surface area contributed by atoms with E-state index < -0.39 is 5.82 Å². The molecule has 0 aliphatic rings. The van der Waals surface area contributed by atoms with Crippen molar-refractivity contribution in [3.63, 3.8) is 0 Å². The van der Waals surface area contributed by atoms with Gasteiger partial charge in [-0.2, -0.15) is 0 Å². The Kier molecular flexibility index (Phi) is 4.72. The number of hydrogen-bond acceptors (Lipinski definition) is 2. The Bertz CT molecular complexity index is 352. The number of halogens is 2. The van der Waals surface area contributed by atoms with E-state index in [1.54, 1.807) is 0 Å². The highest BCUT2D eigenvalue weighted by molar-refractivity contribution is 6.31. The van der Waals surface area contributed by atoms with E-state index in [0.717, 1.165) is 0 Å². The van der Waals surface area contributed by atoms with Gasteiger partial charge in [0.1, 0.15) is 11.6 Å². The molecule has 0 bridgehead atoms. The fraction of sp³-hybridized carbons (Fsp3) is 0.364. The lowest BCUT2D eigenvalue weighted by Gasteiger charge is -2.03. The predicted molar refractivity (Wildman–Crippen MR) is 56.6 cm³/mol. The lowest BCUT2D eigenvalue weighted by Crippen LogP contribution is -2.06. The van der Waals surface area contributed by atoms with E-state index in [1.165, 1.54) is 25.3 Å². The Morgan fingerprint density at radius 2 is 2.27 bits per heavy atom. The summed E-state index contributed by atoms with van der Waals surface area (Å²) in [7, 11) is 1.54. The van der Waals surface area contributed by atoms with Crippen LogP contribution in [0, 0.1) is 5.82 Å². The molecule has 0 amide bonds. The minimum Gasteiger partial charge on any atom is -0.384 e. The lowest BCUT2D eigenvalue weighted by atomic mass is 10.1. The topological polar surface area (TPSA) is 26.3 Å². The van der Waals surface area contributed by atoms with E-state index >= 15 is 0 Å². The Labute approximate surface area is 93.0 Å². The number of carbonyl (C=O) groups excluding carboxylic acids is 1. The normalized spacial score (nSPS) is 10.3. The second-order valence-corrected chi connectivity index (χ2v) is 3.60. The summed E-state index contributed by atoms with van der Waals surface area (Å²) in [6.07, 6.45) is 0.576. The van der Waals surface area contributed by atoms with E-state index in [2.05, 4.69) is 0 Å². The molecule has 15 heavy (non-hydrogen) atoms. The molecule has 0 spiro atoms. The van der Waals surface area contributed by atoms with Crippen LogP contribution in [0.5, 0.6) is 0 Å². The van der Waals surface area contributed by atoms with Crippen molar-refractivity contribution >= 4 is 17.4 Å². The molecule has 0 aliphatic carbocycles. The molecule has 2 nitrogen and oxygen atoms in total. The molecule has 0 saturated carbocycles. The van der Waals surface area contributed by atoms with Crippen molar-refractivity contribution in [1.82, 2.24) is 0 Å². The Morgan fingerprint density at radius 3 is 2.87 bits per heavy atom. The molecular formula is C11H12ClFO2. The number of ether oxygens (including phenoxy) is 1. The van der Waals surface area contributed by atoms with Crippen LogP contribution in [0.25, 0.3) is 0 Å². The van der Waals surface area contributed by atoms with Crippen LogP contribution in [0.3, 0.4) is 0 Å². The fourth-order valence-electron chi connectivity index (χ4n) is 1.18. The first-order chi connectivity index (χ1) is 7.13. The van der Waals surface area contributed by atoms with Gasteiger partial charge in [0.25, 0.3) is 0 Å². The minimum atomic E-state index is -0.395. The van der Waals surface area contributed by atoms with Gasteiger partial charge in [0, 0.05) is 25.0 Å². The quantitative estimate of drug-likeness (QED) is 0.777. The molecule has 1 aromatic carbocycles. The van der Waals surface area contributed by atoms with Gasteiger partial charge in [0.15, 0.2) is 0 Å². The third kappa shape index (κ3) is 3.98. The van der Waals surface area contributed by atoms with E-state index in [-0.39, 0.29) is 12.2 Å². The largest absolute Gasteiger partial charge is 0.384 e. The minimum absolute atomic E-state index is 0.0327. The number of carbonyl (C=O) groups is 1. The monoisotopic (exact) mass is 230 g/mol. The highest BCUT2D eigenvalue weighted by atomic mass is 35.5. The van der Waals surface area contributed by atoms with Gasteiger partial charge < -0.3 is 4.74 Å². The van der Waals surface area contributed by atoms with Crippen LogP contribution in [0.4, 0.5) is 4.39 Å². The molecule has 0 radical (unpaired) electrons. The zero-order chi connectivity index (χ0) is 11.3. The summed E-state index contributed by atoms with van der Waals surface area (Å²) in [6, 6.07) is 4.04. The SMILES string of the molecule is COCCC(=O)Cc1ccc(F)cc1Cl. The smallest absolute Gasteiger partial charge is 0.139 e. The molecule has 1 rings (SSSR count). The van der Waals surface area contributed by atoms with Crippen molar-refractivity contribution in [1.29, 1.82) is 0 Å². The molecule has 82 valence electrons. The molecule has 0 heterocycles. The fourth-order valence-corrected chi connectivity index (χ4v) is 1.42. The Balaban J connectivity index is 2.60. The number of Topliss-reactive ketones (excluding diaryl/α,β-unsaturated/α-hetero) is 1. The van der Waals surface area contributed by atoms with E-state index in [1.807, 2.05) is 0 Å². The summed E-state index contributed by atoms with van der Waals surface area (Å²) >= 11 is 5.78. The van der Waals surface area contributed by atoms with E-state index in [4.69, 9.17) is 16.3 Å². The zero-order valence-corrected chi connectivity index (χ0v) is 9.18. The summed E-state index contributed by atoms with van der Waals surface area (Å²) in [5.41, 5.74) is 0.652. The molecule has 1 aromatic rings. The summed E-state index contributed by atoms with van der Waals surface area (Å²) in [4.78, 5) is 11.4. The highest BCUT2D eigenvalue weighted by Gasteiger charge is 2.07. The number of methoxy groups -OCH3 is 1. The third-order valence-corrected chi connectivity index (χ3v) is 2.34. The van der Waals surface area contributed by atoms with Gasteiger partial charge in [-0.3, -0.25) is 4.79 Å². The summed E-state index contributed by atoms with van der Waals surface area (Å²) in [5.74, 6) is -0.363. The van der Waals surface area contributed by atoms with Crippen LogP contribution in [-0.2, 0) is 16.0 Å². The molecule has 0 aromatic heterocycles. The number of benzene rings is 1. The average molecular weight is 231 g/mol. The van der Waals surface area contributed by atoms with Gasteiger partial charge in [-0.1, -0.05) is 17.7 Å². The van der Waals surface area contributed by atoms with E-state index in [0.29, 0.717) is 23.6 Å². The maximum absolute atomic E-state index is 12.7. The number of hydrogen-bond donors (Lipinski definition) is 0. The van der Waals surface area contributed by atoms with Crippen molar-refractivity contribution in [2.45, 2.75) is 12.8 Å². The van der Waals surface area contributed by atoms with Crippen molar-refractivity contribution in [3.8, 4) is 0 Å². The lowest BCUT2D eigenvalue weighted by molar-refractivity contribution is -0.119. The number of ketones is 1. The first-order valence-electron chi connectivity index (χ1n) is 4.58. The predicted octanol–water partition coefficient (Wildman–Crippen LogP) is 2.63. The van der Waals surface area contributed by atoms with E-state index in [9.17, 15) is 9.18 Å². The van der Waals surface area contributed by atoms with Crippen LogP contribution in [0.2, 0.25) is 5.02 Å². The first kappa shape index (κ1) is 12.1. The molecule has 0 unspecified atom stereocenters. The molecule has 0 aliphatic heterocycles. The highest BCUT2D eigenvalue weighted by Crippen LogP contribution is 2.18. The summed E-state index contributed by atoms with van der Waals surface area (Å²) < 4.78 is 17.5. The summed E-state index contributed by atoms with van der Waals surface area (Å²) in [5, 5.41) is 0.292. The van der Waals surface area contributed by atoms with Gasteiger partial charge in [-0.05, 0) is 17.7 Å². The van der Waals surface area contributed by atoms with Gasteiger partial charge in [-0.15, -0.1) is 0 Å². The summed E-state index contributed by atoms with van der Waals surface area (Å²) in [6.45, 7) is 0.400.